The molecule has 0 heterocycles. The molecule has 23 heteroatoms. The number of nitrogens with zero attached hydrogens (tertiary/aromatic N) is 1. The number of nitrogens with two attached hydrogens (primary N) is 1. The molecule has 1 aliphatic rings. The van der Waals surface area contributed by atoms with E-state index in [-0.39, 0.29) is 68.7 Å². The van der Waals surface area contributed by atoms with Crippen LogP contribution in [0.1, 0.15) is 135 Å². The fourth-order valence-electron chi connectivity index (χ4n) is 8.10. The maximum Gasteiger partial charge on any atom is 0.406 e. The van der Waals surface area contributed by atoms with Gasteiger partial charge in [-0.2, -0.15) is 0 Å². The number of unbranched alkanes of at least 4 members (excludes halogenated alkanes) is 8. The molecule has 3 unspecified atom stereocenters. The molecule has 5 atom stereocenters. The first-order chi connectivity index (χ1) is 34.1. The number of aliphatic carboxylic acids is 1. The second kappa shape index (κ2) is 40.3. The van der Waals surface area contributed by atoms with Crippen LogP contribution in [0.15, 0.2) is 0 Å². The minimum atomic E-state index is -1.15. The second-order valence-electron chi connectivity index (χ2n) is 18.1. The van der Waals surface area contributed by atoms with Gasteiger partial charge in [0.25, 0.3) is 0 Å². The minimum Gasteiger partial charge on any atom is -0.481 e. The summed E-state index contributed by atoms with van der Waals surface area (Å²) in [6, 6.07) is -2.29. The van der Waals surface area contributed by atoms with Crippen LogP contribution in [0, 0.1) is 11.8 Å². The van der Waals surface area contributed by atoms with Crippen molar-refractivity contribution in [1.29, 1.82) is 0 Å². The van der Waals surface area contributed by atoms with E-state index in [0.29, 0.717) is 116 Å². The molecule has 0 aliphatic heterocycles. The Labute approximate surface area is 420 Å². The van der Waals surface area contributed by atoms with E-state index in [1.165, 1.54) is 26.0 Å². The zero-order valence-corrected chi connectivity index (χ0v) is 43.1. The summed E-state index contributed by atoms with van der Waals surface area (Å²) < 4.78 is 9.84. The average Bonchev–Trinajstić information content (AvgIpc) is 3.35. The summed E-state index contributed by atoms with van der Waals surface area (Å²) in [5, 5.41) is 35.3. The van der Waals surface area contributed by atoms with Gasteiger partial charge in [-0.3, -0.25) is 33.6 Å². The molecular formula is C48H89N11O12. The number of amides is 8. The van der Waals surface area contributed by atoms with Gasteiger partial charge in [0, 0.05) is 79.2 Å². The zero-order valence-electron chi connectivity index (χ0n) is 43.1. The minimum absolute atomic E-state index is 0.0594. The normalized spacial score (nSPS) is 16.0. The molecule has 0 aromatic heterocycles. The van der Waals surface area contributed by atoms with Crippen LogP contribution < -0.4 is 53.6 Å². The number of ether oxygens (including phenoxy) is 2. The van der Waals surface area contributed by atoms with Gasteiger partial charge in [0.1, 0.15) is 6.04 Å². The van der Waals surface area contributed by atoms with Crippen LogP contribution in [0.3, 0.4) is 0 Å². The summed E-state index contributed by atoms with van der Waals surface area (Å²) in [5.74, 6) is -3.22. The summed E-state index contributed by atoms with van der Waals surface area (Å²) in [6.07, 6.45) is 10.2. The highest BCUT2D eigenvalue weighted by atomic mass is 16.6. The van der Waals surface area contributed by atoms with Gasteiger partial charge in [-0.25, -0.2) is 9.59 Å². The largest absolute Gasteiger partial charge is 0.481 e. The lowest BCUT2D eigenvalue weighted by atomic mass is 9.78. The number of rotatable bonds is 40. The molecule has 0 aromatic carbocycles. The third-order valence-electron chi connectivity index (χ3n) is 12.3. The summed E-state index contributed by atoms with van der Waals surface area (Å²) in [7, 11) is 6.21. The highest BCUT2D eigenvalue weighted by molar-refractivity contribution is 5.93. The Bertz CT molecular complexity index is 1590. The molecule has 12 N–H and O–H groups in total. The second-order valence-corrected chi connectivity index (χ2v) is 18.1. The molecule has 0 bridgehead atoms. The first-order valence-electron chi connectivity index (χ1n) is 25.8. The lowest BCUT2D eigenvalue weighted by Crippen LogP contribution is -2.55. The third kappa shape index (κ3) is 31.6. The van der Waals surface area contributed by atoms with Crippen molar-refractivity contribution in [3.8, 4) is 0 Å². The van der Waals surface area contributed by atoms with E-state index in [1.807, 2.05) is 0 Å². The van der Waals surface area contributed by atoms with E-state index in [9.17, 15) is 48.3 Å². The summed E-state index contributed by atoms with van der Waals surface area (Å²) >= 11 is 0. The summed E-state index contributed by atoms with van der Waals surface area (Å²) in [4.78, 5) is 114. The molecule has 0 aromatic rings. The molecule has 8 amide bonds. The van der Waals surface area contributed by atoms with Crippen LogP contribution in [-0.4, -0.2) is 169 Å². The Kier molecular flexibility index (Phi) is 36.2. The summed E-state index contributed by atoms with van der Waals surface area (Å²) in [6.45, 7) is 3.48. The first-order valence-corrected chi connectivity index (χ1v) is 25.8. The molecule has 1 saturated carbocycles. The van der Waals surface area contributed by atoms with Crippen LogP contribution in [0.4, 0.5) is 9.59 Å². The van der Waals surface area contributed by atoms with Gasteiger partial charge in [0.15, 0.2) is 0 Å². The van der Waals surface area contributed by atoms with E-state index >= 15 is 0 Å². The van der Waals surface area contributed by atoms with Crippen molar-refractivity contribution >= 4 is 53.6 Å². The number of carbonyl (C=O) groups excluding carboxylic acids is 8. The van der Waals surface area contributed by atoms with E-state index in [4.69, 9.17) is 15.2 Å². The monoisotopic (exact) mass is 1010 g/mol. The fourth-order valence-corrected chi connectivity index (χ4v) is 8.10. The van der Waals surface area contributed by atoms with Gasteiger partial charge in [0.2, 0.25) is 35.4 Å². The molecule has 0 radical (unpaired) electrons. The number of carboxylic acids is 1. The van der Waals surface area contributed by atoms with Crippen molar-refractivity contribution in [2.24, 2.45) is 17.6 Å². The van der Waals surface area contributed by atoms with Crippen LogP contribution in [0.5, 0.6) is 0 Å². The SMILES string of the molecule is CNCCNC(=O)[C@H](CC(=O)NC1CC(CN)CC(C(=O)O)C1)N(C)C(=O)[C@H](CCCCNC(=O)CCCCCNC(=O)CCCCOC(=O)NC)NCCCCCCNC(=O)CCCCOC(=O)NC. The average molecular weight is 1010 g/mol. The van der Waals surface area contributed by atoms with E-state index in [2.05, 4.69) is 47.9 Å². The topological polar surface area (TPSA) is 330 Å². The number of carboxylic acid groups (broad SMARTS) is 1. The maximum absolute atomic E-state index is 14.3. The molecule has 71 heavy (non-hydrogen) atoms. The molecule has 1 aliphatic carbocycles. The van der Waals surface area contributed by atoms with E-state index < -0.39 is 54.0 Å². The quantitative estimate of drug-likeness (QED) is 0.0384. The van der Waals surface area contributed by atoms with Gasteiger partial charge in [-0.15, -0.1) is 0 Å². The Morgan fingerprint density at radius 1 is 0.592 bits per heavy atom. The fraction of sp³-hybridized carbons (Fsp3) is 0.812. The number of likely N-dealkylation sites (N-methyl/N-ethyl adjacent to an activating group) is 2. The number of hydrogen-bond donors (Lipinski definition) is 11. The highest BCUT2D eigenvalue weighted by Gasteiger charge is 2.36. The molecular weight excluding hydrogens is 923 g/mol. The van der Waals surface area contributed by atoms with Gasteiger partial charge in [-0.05, 0) is 116 Å². The lowest BCUT2D eigenvalue weighted by molar-refractivity contribution is -0.144. The number of hydrogen-bond acceptors (Lipinski definition) is 14. The molecule has 23 nitrogen and oxygen atoms in total. The predicted octanol–water partition coefficient (Wildman–Crippen LogP) is 1.13. The highest BCUT2D eigenvalue weighted by Crippen LogP contribution is 2.29. The van der Waals surface area contributed by atoms with E-state index in [1.54, 1.807) is 7.05 Å². The van der Waals surface area contributed by atoms with Crippen molar-refractivity contribution in [3.63, 3.8) is 0 Å². The van der Waals surface area contributed by atoms with Gasteiger partial charge in [-0.1, -0.05) is 19.3 Å². The summed E-state index contributed by atoms with van der Waals surface area (Å²) in [5.41, 5.74) is 5.90. The molecule has 0 saturated heterocycles. The molecule has 1 rings (SSSR count). The van der Waals surface area contributed by atoms with E-state index in [0.717, 1.165) is 38.5 Å². The molecule has 408 valence electrons. The van der Waals surface area contributed by atoms with Crippen LogP contribution in [0.2, 0.25) is 0 Å². The third-order valence-corrected chi connectivity index (χ3v) is 12.3. The number of carbonyl (C=O) groups is 9. The zero-order chi connectivity index (χ0) is 52.7. The molecule has 0 spiro atoms. The van der Waals surface area contributed by atoms with Gasteiger partial charge >= 0.3 is 18.2 Å². The molecule has 1 fully saturated rings. The van der Waals surface area contributed by atoms with Gasteiger partial charge < -0.3 is 73.1 Å². The number of nitrogens with one attached hydrogen (secondary N) is 9. The van der Waals surface area contributed by atoms with Crippen molar-refractivity contribution in [2.45, 2.75) is 153 Å². The number of alkyl carbamates (subject to hydrolysis) is 2. The lowest BCUT2D eigenvalue weighted by Gasteiger charge is -2.34. The standard InChI is InChI=1S/C48H89N11O12/c1-50-26-27-57-44(64)39(33-43(63)58-37-31-35(34-49)30-36(32-37)46(66)67)59(4)45(65)38(53-22-12-5-6-13-23-54-41(61)20-10-16-28-70-47(68)51-2)18-9-15-25-56-40(60)19-8-7-14-24-55-42(62)21-11-17-29-71-48(69)52-3/h35-39,50,53H,5-34,49H2,1-4H3,(H,51,68)(H,52,69)(H,54,61)(H,55,62)(H,56,60)(H,57,64)(H,58,63)(H,66,67)/t35?,36?,37?,38-,39-/m0/s1. The van der Waals surface area contributed by atoms with Crippen LogP contribution in [-0.2, 0) is 43.0 Å². The smallest absolute Gasteiger partial charge is 0.406 e. The van der Waals surface area contributed by atoms with Crippen molar-refractivity contribution in [2.75, 3.05) is 87.2 Å². The Morgan fingerprint density at radius 2 is 1.10 bits per heavy atom. The van der Waals surface area contributed by atoms with Crippen LogP contribution >= 0.6 is 0 Å². The van der Waals surface area contributed by atoms with Crippen molar-refractivity contribution < 1.29 is 57.7 Å². The maximum atomic E-state index is 14.3. The Balaban J connectivity index is 2.77. The van der Waals surface area contributed by atoms with Crippen molar-refractivity contribution in [3.05, 3.63) is 0 Å². The Hall–Kier alpha value is -5.29. The van der Waals surface area contributed by atoms with Gasteiger partial charge in [0.05, 0.1) is 31.6 Å². The van der Waals surface area contributed by atoms with Crippen molar-refractivity contribution in [1.82, 2.24) is 52.8 Å². The van der Waals surface area contributed by atoms with Crippen LogP contribution in [0.25, 0.3) is 0 Å². The predicted molar refractivity (Wildman–Crippen MR) is 268 cm³/mol. The Morgan fingerprint density at radius 3 is 1.61 bits per heavy atom. The first kappa shape index (κ1) is 63.7.